The van der Waals surface area contributed by atoms with E-state index < -0.39 is 11.7 Å². The number of aryl methyl sites for hydroxylation is 1. The third kappa shape index (κ3) is 4.30. The van der Waals surface area contributed by atoms with E-state index in [-0.39, 0.29) is 5.92 Å². The molecule has 3 aromatic heterocycles. The van der Waals surface area contributed by atoms with Crippen molar-refractivity contribution < 1.29 is 14.3 Å². The van der Waals surface area contributed by atoms with Crippen LogP contribution in [-0.2, 0) is 16.6 Å². The van der Waals surface area contributed by atoms with Crippen LogP contribution in [0.4, 0.5) is 10.6 Å². The molecule has 0 N–H and O–H groups in total. The van der Waals surface area contributed by atoms with Gasteiger partial charge < -0.3 is 4.74 Å². The highest BCUT2D eigenvalue weighted by atomic mass is 16.6. The SMILES string of the molecule is CN(C(=O)OC(C)(C)C)c1cc2c(C3CCC(=O)CC3)nn(-c3cnn(C)c3)c2cn1. The minimum atomic E-state index is -0.597. The van der Waals surface area contributed by atoms with Crippen LogP contribution in [-0.4, -0.2) is 49.1 Å². The maximum Gasteiger partial charge on any atom is 0.415 e. The van der Waals surface area contributed by atoms with Crippen LogP contribution in [0.2, 0.25) is 0 Å². The molecule has 0 aliphatic heterocycles. The fourth-order valence-corrected chi connectivity index (χ4v) is 3.86. The first-order valence-corrected chi connectivity index (χ1v) is 10.5. The minimum Gasteiger partial charge on any atom is -0.443 e. The molecular formula is C22H28N6O3. The number of rotatable bonds is 3. The molecule has 9 nitrogen and oxygen atoms in total. The van der Waals surface area contributed by atoms with E-state index in [2.05, 4.69) is 10.1 Å². The van der Waals surface area contributed by atoms with Crippen LogP contribution in [0.3, 0.4) is 0 Å². The molecule has 0 atom stereocenters. The number of carbonyl (C=O) groups is 2. The van der Waals surface area contributed by atoms with Gasteiger partial charge in [-0.05, 0) is 39.7 Å². The summed E-state index contributed by atoms with van der Waals surface area (Å²) in [7, 11) is 3.50. The van der Waals surface area contributed by atoms with Gasteiger partial charge >= 0.3 is 6.09 Å². The lowest BCUT2D eigenvalue weighted by Gasteiger charge is -2.24. The van der Waals surface area contributed by atoms with Crippen molar-refractivity contribution in [3.05, 3.63) is 30.4 Å². The summed E-state index contributed by atoms with van der Waals surface area (Å²) < 4.78 is 9.03. The van der Waals surface area contributed by atoms with Gasteiger partial charge in [0.1, 0.15) is 22.9 Å². The molecule has 31 heavy (non-hydrogen) atoms. The van der Waals surface area contributed by atoms with Crippen LogP contribution in [0, 0.1) is 0 Å². The van der Waals surface area contributed by atoms with Crippen molar-refractivity contribution in [2.24, 2.45) is 7.05 Å². The van der Waals surface area contributed by atoms with Crippen molar-refractivity contribution >= 4 is 28.6 Å². The Hall–Kier alpha value is -3.23. The third-order valence-corrected chi connectivity index (χ3v) is 5.46. The smallest absolute Gasteiger partial charge is 0.415 e. The van der Waals surface area contributed by atoms with Gasteiger partial charge in [-0.1, -0.05) is 0 Å². The zero-order valence-electron chi connectivity index (χ0n) is 18.6. The van der Waals surface area contributed by atoms with Crippen LogP contribution >= 0.6 is 0 Å². The first kappa shape index (κ1) is 21.0. The van der Waals surface area contributed by atoms with E-state index in [0.29, 0.717) is 24.4 Å². The summed E-state index contributed by atoms with van der Waals surface area (Å²) in [6.07, 6.45) is 7.59. The topological polar surface area (TPSA) is 95.1 Å². The molecule has 0 unspecified atom stereocenters. The maximum atomic E-state index is 12.5. The van der Waals surface area contributed by atoms with Crippen molar-refractivity contribution in [2.45, 2.75) is 58.0 Å². The lowest BCUT2D eigenvalue weighted by molar-refractivity contribution is -0.120. The van der Waals surface area contributed by atoms with Crippen LogP contribution < -0.4 is 4.90 Å². The Labute approximate surface area is 181 Å². The van der Waals surface area contributed by atoms with Gasteiger partial charge in [0.2, 0.25) is 0 Å². The summed E-state index contributed by atoms with van der Waals surface area (Å²) in [4.78, 5) is 30.2. The molecule has 1 aliphatic carbocycles. The zero-order valence-corrected chi connectivity index (χ0v) is 18.6. The second kappa shape index (κ2) is 7.79. The Balaban J connectivity index is 1.78. The number of ether oxygens (including phenoxy) is 1. The van der Waals surface area contributed by atoms with Gasteiger partial charge in [0, 0.05) is 38.2 Å². The lowest BCUT2D eigenvalue weighted by atomic mass is 9.85. The van der Waals surface area contributed by atoms with Crippen molar-refractivity contribution in [1.29, 1.82) is 0 Å². The van der Waals surface area contributed by atoms with Gasteiger partial charge in [-0.3, -0.25) is 14.4 Å². The molecule has 1 saturated carbocycles. The van der Waals surface area contributed by atoms with Crippen LogP contribution in [0.1, 0.15) is 58.1 Å². The summed E-state index contributed by atoms with van der Waals surface area (Å²) in [6.45, 7) is 5.49. The molecule has 0 aromatic carbocycles. The van der Waals surface area contributed by atoms with Crippen molar-refractivity contribution in [2.75, 3.05) is 11.9 Å². The lowest BCUT2D eigenvalue weighted by Crippen LogP contribution is -2.34. The number of hydrogen-bond acceptors (Lipinski definition) is 6. The van der Waals surface area contributed by atoms with E-state index in [0.717, 1.165) is 35.1 Å². The standard InChI is InChI=1S/C22H28N6O3/c1-22(2,3)31-21(30)27(5)19-10-17-18(12-23-19)28(15-11-24-26(4)13-15)25-20(17)14-6-8-16(29)9-7-14/h10-14H,6-9H2,1-5H3. The number of fused-ring (bicyclic) bond motifs is 1. The normalized spacial score (nSPS) is 15.5. The Morgan fingerprint density at radius 2 is 1.94 bits per heavy atom. The zero-order chi connectivity index (χ0) is 22.3. The molecule has 1 amide bonds. The van der Waals surface area contributed by atoms with Crippen molar-refractivity contribution in [3.63, 3.8) is 0 Å². The number of pyridine rings is 1. The predicted octanol–water partition coefficient (Wildman–Crippen LogP) is 3.75. The molecule has 3 aromatic rings. The van der Waals surface area contributed by atoms with E-state index in [1.807, 2.05) is 44.8 Å². The number of amides is 1. The quantitative estimate of drug-likeness (QED) is 0.635. The summed E-state index contributed by atoms with van der Waals surface area (Å²) in [5.74, 6) is 0.972. The summed E-state index contributed by atoms with van der Waals surface area (Å²) in [6, 6.07) is 1.88. The summed E-state index contributed by atoms with van der Waals surface area (Å²) in [5.41, 5.74) is 2.00. The van der Waals surface area contributed by atoms with Crippen molar-refractivity contribution in [1.82, 2.24) is 24.5 Å². The number of hydrogen-bond donors (Lipinski definition) is 0. The van der Waals surface area contributed by atoms with E-state index in [4.69, 9.17) is 9.84 Å². The Kier molecular flexibility index (Phi) is 5.28. The van der Waals surface area contributed by atoms with Crippen molar-refractivity contribution in [3.8, 4) is 5.69 Å². The van der Waals surface area contributed by atoms with E-state index in [1.54, 1.807) is 24.1 Å². The van der Waals surface area contributed by atoms with Gasteiger partial charge in [0.05, 0.1) is 29.8 Å². The van der Waals surface area contributed by atoms with Gasteiger partial charge in [0.25, 0.3) is 0 Å². The van der Waals surface area contributed by atoms with E-state index in [1.165, 1.54) is 4.90 Å². The number of anilines is 1. The summed E-state index contributed by atoms with van der Waals surface area (Å²) in [5, 5.41) is 10.1. The molecule has 1 fully saturated rings. The maximum absolute atomic E-state index is 12.5. The Morgan fingerprint density at radius 1 is 1.23 bits per heavy atom. The highest BCUT2D eigenvalue weighted by Gasteiger charge is 2.27. The number of Topliss-reactive ketones (excluding diaryl/α,β-unsaturated/α-hetero) is 1. The van der Waals surface area contributed by atoms with Gasteiger partial charge in [-0.2, -0.15) is 10.2 Å². The van der Waals surface area contributed by atoms with E-state index in [9.17, 15) is 9.59 Å². The molecule has 1 aliphatic rings. The summed E-state index contributed by atoms with van der Waals surface area (Å²) >= 11 is 0. The number of carbonyl (C=O) groups excluding carboxylic acids is 2. The van der Waals surface area contributed by atoms with Gasteiger partial charge in [-0.15, -0.1) is 0 Å². The highest BCUT2D eigenvalue weighted by Crippen LogP contribution is 2.36. The van der Waals surface area contributed by atoms with Crippen LogP contribution in [0.15, 0.2) is 24.7 Å². The molecule has 9 heteroatoms. The highest BCUT2D eigenvalue weighted by molar-refractivity contribution is 5.91. The number of nitrogens with zero attached hydrogens (tertiary/aromatic N) is 6. The average Bonchev–Trinajstić information content (AvgIpc) is 3.30. The molecule has 164 valence electrons. The Morgan fingerprint density at radius 3 is 2.55 bits per heavy atom. The molecule has 3 heterocycles. The fraction of sp³-hybridized carbons (Fsp3) is 0.500. The van der Waals surface area contributed by atoms with Gasteiger partial charge in [-0.25, -0.2) is 14.5 Å². The molecule has 0 saturated heterocycles. The first-order chi connectivity index (χ1) is 14.6. The number of aromatic nitrogens is 5. The Bertz CT molecular complexity index is 1130. The number of ketones is 1. The predicted molar refractivity (Wildman–Crippen MR) is 116 cm³/mol. The first-order valence-electron chi connectivity index (χ1n) is 10.5. The third-order valence-electron chi connectivity index (χ3n) is 5.46. The second-order valence-corrected chi connectivity index (χ2v) is 9.08. The molecule has 0 bridgehead atoms. The largest absolute Gasteiger partial charge is 0.443 e. The molecule has 4 rings (SSSR count). The van der Waals surface area contributed by atoms with Crippen LogP contribution in [0.25, 0.3) is 16.6 Å². The molecule has 0 spiro atoms. The monoisotopic (exact) mass is 424 g/mol. The minimum absolute atomic E-state index is 0.181. The van der Waals surface area contributed by atoms with Crippen LogP contribution in [0.5, 0.6) is 0 Å². The second-order valence-electron chi connectivity index (χ2n) is 9.08. The average molecular weight is 425 g/mol. The molecule has 0 radical (unpaired) electrons. The van der Waals surface area contributed by atoms with Gasteiger partial charge in [0.15, 0.2) is 0 Å². The fourth-order valence-electron chi connectivity index (χ4n) is 3.86. The van der Waals surface area contributed by atoms with E-state index >= 15 is 0 Å². The molecular weight excluding hydrogens is 396 g/mol.